The highest BCUT2D eigenvalue weighted by atomic mass is 14.9. The van der Waals surface area contributed by atoms with Crippen LogP contribution in [0.2, 0.25) is 0 Å². The van der Waals surface area contributed by atoms with Gasteiger partial charge in [0.05, 0.1) is 11.5 Å². The largest absolute Gasteiger partial charge is 0.383 e. The molecule has 1 aliphatic rings. The maximum atomic E-state index is 9.17. The first kappa shape index (κ1) is 13.0. The van der Waals surface area contributed by atoms with E-state index >= 15 is 0 Å². The zero-order valence-electron chi connectivity index (χ0n) is 11.4. The molecular weight excluding hydrogens is 220 g/mol. The summed E-state index contributed by atoms with van der Waals surface area (Å²) in [5, 5.41) is 12.6. The summed E-state index contributed by atoms with van der Waals surface area (Å²) in [6.07, 6.45) is 4.41. The molecule has 1 aromatic rings. The molecule has 18 heavy (non-hydrogen) atoms. The van der Waals surface area contributed by atoms with Gasteiger partial charge < -0.3 is 5.32 Å². The second-order valence-electron chi connectivity index (χ2n) is 5.89. The highest BCUT2D eigenvalue weighted by Crippen LogP contribution is 2.40. The normalized spacial score (nSPS) is 17.0. The van der Waals surface area contributed by atoms with Gasteiger partial charge in [0.2, 0.25) is 0 Å². The van der Waals surface area contributed by atoms with Crippen molar-refractivity contribution >= 4 is 5.69 Å². The van der Waals surface area contributed by atoms with Gasteiger partial charge >= 0.3 is 0 Å². The van der Waals surface area contributed by atoms with Gasteiger partial charge in [0.15, 0.2) is 0 Å². The Hall–Kier alpha value is -1.49. The third-order valence-electron chi connectivity index (χ3n) is 3.78. The fraction of sp³-hybridized carbons (Fsp3) is 0.562. The van der Waals surface area contributed by atoms with Gasteiger partial charge in [-0.15, -0.1) is 0 Å². The van der Waals surface area contributed by atoms with Gasteiger partial charge in [-0.2, -0.15) is 5.26 Å². The first-order valence-corrected chi connectivity index (χ1v) is 6.88. The molecule has 1 fully saturated rings. The third-order valence-corrected chi connectivity index (χ3v) is 3.78. The fourth-order valence-corrected chi connectivity index (χ4v) is 2.43. The third kappa shape index (κ3) is 3.04. The number of rotatable bonds is 5. The van der Waals surface area contributed by atoms with Crippen molar-refractivity contribution in [2.75, 3.05) is 11.9 Å². The van der Waals surface area contributed by atoms with E-state index in [9.17, 15) is 0 Å². The second kappa shape index (κ2) is 5.44. The van der Waals surface area contributed by atoms with E-state index in [1.54, 1.807) is 0 Å². The lowest BCUT2D eigenvalue weighted by molar-refractivity contribution is 0.233. The van der Waals surface area contributed by atoms with Crippen LogP contribution in [0.5, 0.6) is 0 Å². The van der Waals surface area contributed by atoms with E-state index < -0.39 is 0 Å². The van der Waals surface area contributed by atoms with Crippen LogP contribution < -0.4 is 5.32 Å². The standard InChI is InChI=1S/C16H22N2/c1-13(2)10-14-4-6-15(7-5-14)18-12-16(11-17)8-3-9-16/h4-7,13,18H,3,8-10,12H2,1-2H3. The molecule has 0 spiro atoms. The molecule has 0 bridgehead atoms. The van der Waals surface area contributed by atoms with Crippen molar-refractivity contribution in [1.82, 2.24) is 0 Å². The number of anilines is 1. The van der Waals surface area contributed by atoms with Gasteiger partial charge in [-0.05, 0) is 42.9 Å². The maximum Gasteiger partial charge on any atom is 0.0746 e. The lowest BCUT2D eigenvalue weighted by Gasteiger charge is -2.35. The number of benzene rings is 1. The van der Waals surface area contributed by atoms with Crippen LogP contribution in [-0.2, 0) is 6.42 Å². The molecule has 0 aliphatic heterocycles. The van der Waals surface area contributed by atoms with Crippen LogP contribution in [0.4, 0.5) is 5.69 Å². The molecule has 2 nitrogen and oxygen atoms in total. The lowest BCUT2D eigenvalue weighted by Crippen LogP contribution is -2.34. The van der Waals surface area contributed by atoms with Crippen molar-refractivity contribution in [2.45, 2.75) is 39.5 Å². The van der Waals surface area contributed by atoms with Crippen molar-refractivity contribution < 1.29 is 0 Å². The number of nitrogens with one attached hydrogen (secondary N) is 1. The Bertz CT molecular complexity index is 421. The Morgan fingerprint density at radius 2 is 1.94 bits per heavy atom. The highest BCUT2D eigenvalue weighted by Gasteiger charge is 2.36. The van der Waals surface area contributed by atoms with E-state index in [4.69, 9.17) is 5.26 Å². The summed E-state index contributed by atoms with van der Waals surface area (Å²) >= 11 is 0. The Morgan fingerprint density at radius 3 is 2.39 bits per heavy atom. The topological polar surface area (TPSA) is 35.8 Å². The SMILES string of the molecule is CC(C)Cc1ccc(NCC2(C#N)CCC2)cc1. The number of nitrogens with zero attached hydrogens (tertiary/aromatic N) is 1. The van der Waals surface area contributed by atoms with Gasteiger partial charge in [0.1, 0.15) is 0 Å². The van der Waals surface area contributed by atoms with Crippen molar-refractivity contribution in [3.63, 3.8) is 0 Å². The van der Waals surface area contributed by atoms with Gasteiger partial charge in [-0.3, -0.25) is 0 Å². The molecule has 1 saturated carbocycles. The molecule has 2 rings (SSSR count). The zero-order valence-corrected chi connectivity index (χ0v) is 11.4. The summed E-state index contributed by atoms with van der Waals surface area (Å²) in [5.41, 5.74) is 2.41. The number of hydrogen-bond donors (Lipinski definition) is 1. The molecule has 1 aliphatic carbocycles. The molecule has 0 atom stereocenters. The smallest absolute Gasteiger partial charge is 0.0746 e. The predicted octanol–water partition coefficient (Wildman–Crippen LogP) is 3.99. The summed E-state index contributed by atoms with van der Waals surface area (Å²) in [4.78, 5) is 0. The molecule has 1 aromatic carbocycles. The van der Waals surface area contributed by atoms with Gasteiger partial charge in [0, 0.05) is 12.2 Å². The van der Waals surface area contributed by atoms with Crippen LogP contribution in [0.15, 0.2) is 24.3 Å². The van der Waals surface area contributed by atoms with Crippen LogP contribution in [0.25, 0.3) is 0 Å². The van der Waals surface area contributed by atoms with Crippen LogP contribution in [0.3, 0.4) is 0 Å². The van der Waals surface area contributed by atoms with E-state index in [0.29, 0.717) is 5.92 Å². The van der Waals surface area contributed by atoms with Crippen LogP contribution >= 0.6 is 0 Å². The van der Waals surface area contributed by atoms with E-state index in [-0.39, 0.29) is 5.41 Å². The highest BCUT2D eigenvalue weighted by molar-refractivity contribution is 5.45. The minimum absolute atomic E-state index is 0.101. The first-order chi connectivity index (χ1) is 8.63. The second-order valence-corrected chi connectivity index (χ2v) is 5.89. The lowest BCUT2D eigenvalue weighted by atomic mass is 9.70. The minimum Gasteiger partial charge on any atom is -0.383 e. The molecule has 0 amide bonds. The van der Waals surface area contributed by atoms with Crippen molar-refractivity contribution in [1.29, 1.82) is 5.26 Å². The summed E-state index contributed by atoms with van der Waals surface area (Å²) in [7, 11) is 0. The fourth-order valence-electron chi connectivity index (χ4n) is 2.43. The van der Waals surface area contributed by atoms with E-state index in [2.05, 4.69) is 49.5 Å². The average Bonchev–Trinajstić information content (AvgIpc) is 2.30. The Kier molecular flexibility index (Phi) is 3.91. The molecule has 0 aromatic heterocycles. The van der Waals surface area contributed by atoms with Gasteiger partial charge in [-0.25, -0.2) is 0 Å². The molecular formula is C16H22N2. The van der Waals surface area contributed by atoms with Crippen molar-refractivity contribution in [2.24, 2.45) is 11.3 Å². The average molecular weight is 242 g/mol. The zero-order chi connectivity index (χ0) is 13.0. The quantitative estimate of drug-likeness (QED) is 0.847. The van der Waals surface area contributed by atoms with Crippen molar-refractivity contribution in [3.05, 3.63) is 29.8 Å². The number of nitriles is 1. The Morgan fingerprint density at radius 1 is 1.28 bits per heavy atom. The predicted molar refractivity (Wildman–Crippen MR) is 75.4 cm³/mol. The molecule has 0 radical (unpaired) electrons. The van der Waals surface area contributed by atoms with Crippen molar-refractivity contribution in [3.8, 4) is 6.07 Å². The van der Waals surface area contributed by atoms with E-state index in [1.807, 2.05) is 0 Å². The molecule has 0 unspecified atom stereocenters. The van der Waals surface area contributed by atoms with Gasteiger partial charge in [0.25, 0.3) is 0 Å². The van der Waals surface area contributed by atoms with Crippen LogP contribution in [0.1, 0.15) is 38.7 Å². The number of hydrogen-bond acceptors (Lipinski definition) is 2. The summed E-state index contributed by atoms with van der Waals surface area (Å²) in [6, 6.07) is 11.1. The Balaban J connectivity index is 1.89. The molecule has 2 heteroatoms. The summed E-state index contributed by atoms with van der Waals surface area (Å²) < 4.78 is 0. The summed E-state index contributed by atoms with van der Waals surface area (Å²) in [5.74, 6) is 0.695. The minimum atomic E-state index is -0.101. The molecule has 1 N–H and O–H groups in total. The molecule has 0 heterocycles. The van der Waals surface area contributed by atoms with Crippen LogP contribution in [0, 0.1) is 22.7 Å². The van der Waals surface area contributed by atoms with Gasteiger partial charge in [-0.1, -0.05) is 32.4 Å². The Labute approximate surface area is 110 Å². The molecule has 96 valence electrons. The van der Waals surface area contributed by atoms with E-state index in [1.165, 1.54) is 12.0 Å². The van der Waals surface area contributed by atoms with Crippen LogP contribution in [-0.4, -0.2) is 6.54 Å². The maximum absolute atomic E-state index is 9.17. The first-order valence-electron chi connectivity index (χ1n) is 6.88. The monoisotopic (exact) mass is 242 g/mol. The van der Waals surface area contributed by atoms with E-state index in [0.717, 1.165) is 31.5 Å². The molecule has 0 saturated heterocycles. The summed E-state index contributed by atoms with van der Waals surface area (Å²) in [6.45, 7) is 5.26.